The van der Waals surface area contributed by atoms with Crippen LogP contribution < -0.4 is 0 Å². The van der Waals surface area contributed by atoms with Crippen LogP contribution in [0.3, 0.4) is 0 Å². The summed E-state index contributed by atoms with van der Waals surface area (Å²) in [6, 6.07) is 0. The maximum Gasteiger partial charge on any atom is 0.349 e. The Morgan fingerprint density at radius 2 is 2.14 bits per heavy atom. The first-order chi connectivity index (χ1) is 3.18. The number of aliphatic imine (C=N–C) groups is 1. The Morgan fingerprint density at radius 3 is 2.14 bits per heavy atom. The molecule has 0 aromatic carbocycles. The highest BCUT2D eigenvalue weighted by Crippen LogP contribution is 1.70. The molecule has 0 saturated carbocycles. The normalized spacial score (nSPS) is 11.4. The largest absolute Gasteiger partial charge is 0.477 e. The maximum atomic E-state index is 9.80. The van der Waals surface area contributed by atoms with Crippen molar-refractivity contribution in [2.45, 2.75) is 6.92 Å². The molecule has 0 spiro atoms. The van der Waals surface area contributed by atoms with Crippen LogP contribution in [0.15, 0.2) is 4.99 Å². The smallest absolute Gasteiger partial charge is 0.349 e. The minimum atomic E-state index is -0.956. The molecule has 0 aliphatic carbocycles. The molecular weight excluding hydrogens is 94.0 g/mol. The third-order valence-corrected chi connectivity index (χ3v) is 0.645. The van der Waals surface area contributed by atoms with E-state index in [2.05, 4.69) is 4.99 Å². The highest BCUT2D eigenvalue weighted by Gasteiger charge is 1.95. The Labute approximate surface area is 41.7 Å². The third kappa shape index (κ3) is 1.92. The molecule has 0 rings (SSSR count). The van der Waals surface area contributed by atoms with Gasteiger partial charge in [-0.15, -0.1) is 0 Å². The van der Waals surface area contributed by atoms with E-state index in [1.54, 1.807) is 0 Å². The van der Waals surface area contributed by atoms with E-state index >= 15 is 0 Å². The SMILES string of the molecule is C/N=C(\C)C(=O)O. The second-order valence-electron chi connectivity index (χ2n) is 1.11. The monoisotopic (exact) mass is 101 g/mol. The van der Waals surface area contributed by atoms with Crippen LogP contribution in [-0.2, 0) is 4.79 Å². The number of rotatable bonds is 1. The van der Waals surface area contributed by atoms with Crippen molar-refractivity contribution in [1.82, 2.24) is 0 Å². The molecule has 0 fully saturated rings. The first kappa shape index (κ1) is 6.14. The van der Waals surface area contributed by atoms with Crippen molar-refractivity contribution in [3.05, 3.63) is 0 Å². The second kappa shape index (κ2) is 2.34. The molecule has 0 aliphatic heterocycles. The predicted octanol–water partition coefficient (Wildman–Crippen LogP) is 0.162. The van der Waals surface area contributed by atoms with E-state index in [-0.39, 0.29) is 5.71 Å². The zero-order valence-corrected chi connectivity index (χ0v) is 4.30. The van der Waals surface area contributed by atoms with Crippen LogP contribution in [0.4, 0.5) is 0 Å². The van der Waals surface area contributed by atoms with Crippen LogP contribution in [0.5, 0.6) is 0 Å². The number of carbonyl (C=O) groups is 1. The number of carboxylic acid groups (broad SMARTS) is 1. The molecule has 0 radical (unpaired) electrons. The average molecular weight is 101 g/mol. The van der Waals surface area contributed by atoms with Crippen molar-refractivity contribution in [2.24, 2.45) is 4.99 Å². The first-order valence-electron chi connectivity index (χ1n) is 1.85. The van der Waals surface area contributed by atoms with Gasteiger partial charge in [-0.3, -0.25) is 4.99 Å². The van der Waals surface area contributed by atoms with Crippen LogP contribution in [0.2, 0.25) is 0 Å². The fourth-order valence-electron chi connectivity index (χ4n) is 0.0956. The summed E-state index contributed by atoms with van der Waals surface area (Å²) in [5, 5.41) is 8.05. The lowest BCUT2D eigenvalue weighted by Gasteiger charge is -1.83. The van der Waals surface area contributed by atoms with Gasteiger partial charge in [-0.1, -0.05) is 0 Å². The Hall–Kier alpha value is -0.860. The summed E-state index contributed by atoms with van der Waals surface area (Å²) in [5.74, 6) is -0.956. The molecule has 40 valence electrons. The van der Waals surface area contributed by atoms with Gasteiger partial charge >= 0.3 is 5.97 Å². The van der Waals surface area contributed by atoms with Crippen LogP contribution in [0, 0.1) is 0 Å². The third-order valence-electron chi connectivity index (χ3n) is 0.645. The molecule has 0 bridgehead atoms. The number of hydrogen-bond acceptors (Lipinski definition) is 2. The van der Waals surface area contributed by atoms with E-state index in [0.717, 1.165) is 0 Å². The Balaban J connectivity index is 3.82. The molecule has 3 heteroatoms. The fourth-order valence-corrected chi connectivity index (χ4v) is 0.0956. The van der Waals surface area contributed by atoms with Gasteiger partial charge in [0.1, 0.15) is 5.71 Å². The van der Waals surface area contributed by atoms with Gasteiger partial charge in [-0.05, 0) is 6.92 Å². The summed E-state index contributed by atoms with van der Waals surface area (Å²) in [5.41, 5.74) is 0.139. The molecular formula is C4H7NO2. The molecule has 0 aliphatic rings. The van der Waals surface area contributed by atoms with Gasteiger partial charge in [0, 0.05) is 7.05 Å². The van der Waals surface area contributed by atoms with Crippen molar-refractivity contribution in [3.63, 3.8) is 0 Å². The lowest BCUT2D eigenvalue weighted by Crippen LogP contribution is -2.06. The molecule has 3 nitrogen and oxygen atoms in total. The quantitative estimate of drug-likeness (QED) is 0.478. The molecule has 0 atom stereocenters. The van der Waals surface area contributed by atoms with Gasteiger partial charge in [0.15, 0.2) is 0 Å². The van der Waals surface area contributed by atoms with Crippen molar-refractivity contribution >= 4 is 11.7 Å². The van der Waals surface area contributed by atoms with E-state index in [1.807, 2.05) is 0 Å². The van der Waals surface area contributed by atoms with Gasteiger partial charge in [-0.25, -0.2) is 4.79 Å². The van der Waals surface area contributed by atoms with Gasteiger partial charge in [0.2, 0.25) is 0 Å². The molecule has 7 heavy (non-hydrogen) atoms. The summed E-state index contributed by atoms with van der Waals surface area (Å²) in [4.78, 5) is 13.2. The van der Waals surface area contributed by atoms with Crippen LogP contribution in [-0.4, -0.2) is 23.8 Å². The Bertz CT molecular complexity index is 106. The maximum absolute atomic E-state index is 9.80. The topological polar surface area (TPSA) is 49.7 Å². The summed E-state index contributed by atoms with van der Waals surface area (Å²) in [6.07, 6.45) is 0. The molecule has 0 saturated heterocycles. The molecule has 1 N–H and O–H groups in total. The van der Waals surface area contributed by atoms with E-state index in [9.17, 15) is 4.79 Å². The van der Waals surface area contributed by atoms with Crippen molar-refractivity contribution in [2.75, 3.05) is 7.05 Å². The highest BCUT2D eigenvalue weighted by molar-refractivity contribution is 6.34. The summed E-state index contributed by atoms with van der Waals surface area (Å²) in [7, 11) is 1.45. The minimum absolute atomic E-state index is 0.139. The Kier molecular flexibility index (Phi) is 2.05. The van der Waals surface area contributed by atoms with Gasteiger partial charge < -0.3 is 5.11 Å². The van der Waals surface area contributed by atoms with Gasteiger partial charge in [0.05, 0.1) is 0 Å². The number of nitrogens with zero attached hydrogens (tertiary/aromatic N) is 1. The van der Waals surface area contributed by atoms with Crippen molar-refractivity contribution in [1.29, 1.82) is 0 Å². The zero-order valence-electron chi connectivity index (χ0n) is 4.30. The van der Waals surface area contributed by atoms with Crippen LogP contribution in [0.1, 0.15) is 6.92 Å². The molecule has 0 amide bonds. The number of aliphatic carboxylic acids is 1. The van der Waals surface area contributed by atoms with Crippen molar-refractivity contribution < 1.29 is 9.90 Å². The molecule has 0 unspecified atom stereocenters. The lowest BCUT2D eigenvalue weighted by molar-refractivity contribution is -0.129. The van der Waals surface area contributed by atoms with E-state index in [0.29, 0.717) is 0 Å². The van der Waals surface area contributed by atoms with E-state index < -0.39 is 5.97 Å². The zero-order chi connectivity index (χ0) is 5.86. The van der Waals surface area contributed by atoms with E-state index in [1.165, 1.54) is 14.0 Å². The minimum Gasteiger partial charge on any atom is -0.477 e. The second-order valence-corrected chi connectivity index (χ2v) is 1.11. The van der Waals surface area contributed by atoms with Crippen LogP contribution >= 0.6 is 0 Å². The lowest BCUT2D eigenvalue weighted by atomic mass is 10.4. The van der Waals surface area contributed by atoms with Crippen LogP contribution in [0.25, 0.3) is 0 Å². The summed E-state index contributed by atoms with van der Waals surface area (Å²) >= 11 is 0. The molecule has 0 aromatic heterocycles. The van der Waals surface area contributed by atoms with Crippen molar-refractivity contribution in [3.8, 4) is 0 Å². The highest BCUT2D eigenvalue weighted by atomic mass is 16.4. The standard InChI is InChI=1S/C4H7NO2/c1-3(5-2)4(6)7/h1-2H3,(H,6,7)/b5-3+. The number of carboxylic acids is 1. The van der Waals surface area contributed by atoms with E-state index in [4.69, 9.17) is 5.11 Å². The first-order valence-corrected chi connectivity index (χ1v) is 1.85. The molecule has 0 heterocycles. The van der Waals surface area contributed by atoms with Gasteiger partial charge in [-0.2, -0.15) is 0 Å². The fraction of sp³-hybridized carbons (Fsp3) is 0.500. The number of hydrogen-bond donors (Lipinski definition) is 1. The predicted molar refractivity (Wildman–Crippen MR) is 26.7 cm³/mol. The Morgan fingerprint density at radius 1 is 1.71 bits per heavy atom. The molecule has 0 aromatic rings. The summed E-state index contributed by atoms with van der Waals surface area (Å²) in [6.45, 7) is 1.45. The van der Waals surface area contributed by atoms with Gasteiger partial charge in [0.25, 0.3) is 0 Å². The summed E-state index contributed by atoms with van der Waals surface area (Å²) < 4.78 is 0. The average Bonchev–Trinajstić information content (AvgIpc) is 1.65.